The van der Waals surface area contributed by atoms with Crippen LogP contribution in [0.25, 0.3) is 0 Å². The van der Waals surface area contributed by atoms with Gasteiger partial charge >= 0.3 is 0 Å². The van der Waals surface area contributed by atoms with E-state index in [4.69, 9.17) is 193 Å². The van der Waals surface area contributed by atoms with Gasteiger partial charge in [0.15, 0.2) is 0 Å². The molecule has 0 aliphatic heterocycles. The second-order valence-corrected chi connectivity index (χ2v) is 13.5. The van der Waals surface area contributed by atoms with Gasteiger partial charge in [0.2, 0.25) is 0 Å². The summed E-state index contributed by atoms with van der Waals surface area (Å²) in [6.45, 7) is 0. The highest BCUT2D eigenvalue weighted by atomic mass is 13.4. The van der Waals surface area contributed by atoms with Gasteiger partial charge in [-0.15, -0.1) is 0 Å². The minimum atomic E-state index is -1.33. The molecule has 0 aliphatic carbocycles. The van der Waals surface area contributed by atoms with Crippen molar-refractivity contribution in [1.29, 1.82) is 0 Å². The molecule has 49 heteroatoms. The number of rotatable bonds is 23. The molecule has 0 aromatic heterocycles. The predicted octanol–water partition coefficient (Wildman–Crippen LogP) is -18.7. The van der Waals surface area contributed by atoms with Crippen LogP contribution in [0.4, 0.5) is 0 Å². The van der Waals surface area contributed by atoms with E-state index in [1.165, 1.54) is 7.06 Å². The first-order chi connectivity index (χ1) is 22.3. The zero-order valence-corrected chi connectivity index (χ0v) is 28.3. The Labute approximate surface area is 344 Å². The Kier molecular flexibility index (Phi) is 25.6. The van der Waals surface area contributed by atoms with Crippen molar-refractivity contribution >= 4 is 347 Å². The van der Waals surface area contributed by atoms with Gasteiger partial charge in [0.25, 0.3) is 0 Å². The summed E-state index contributed by atoms with van der Waals surface area (Å²) in [5.74, 6) is 0. The molecule has 0 rings (SSSR count). The third-order valence-electron chi connectivity index (χ3n) is 10.0. The third-order valence-corrected chi connectivity index (χ3v) is 10.0. The van der Waals surface area contributed by atoms with Crippen LogP contribution in [0.2, 0.25) is 0 Å². The van der Waals surface area contributed by atoms with Gasteiger partial charge in [0.1, 0.15) is 0 Å². The van der Waals surface area contributed by atoms with Crippen molar-refractivity contribution in [3.8, 4) is 0 Å². The lowest BCUT2D eigenvalue weighted by atomic mass is 8.25. The maximum absolute atomic E-state index is 6.54. The van der Waals surface area contributed by atoms with Crippen LogP contribution in [0.1, 0.15) is 0 Å². The van der Waals surface area contributed by atoms with Crippen molar-refractivity contribution in [2.75, 3.05) is 0 Å². The van der Waals surface area contributed by atoms with Gasteiger partial charge in [-0.25, -0.2) is 6.39 Å². The molecule has 0 aromatic carbocycles. The van der Waals surface area contributed by atoms with Crippen molar-refractivity contribution < 1.29 is 0 Å². The summed E-state index contributed by atoms with van der Waals surface area (Å²) in [5.41, 5.74) is 0. The molecule has 0 saturated heterocycles. The molecule has 49 heavy (non-hydrogen) atoms. The van der Waals surface area contributed by atoms with Crippen molar-refractivity contribution in [2.24, 2.45) is 0 Å². The Balaban J connectivity index is 9.41. The highest BCUT2D eigenvalue weighted by molar-refractivity contribution is 8.35. The molecule has 0 heterocycles. The SMILES string of the molecule is [B][B]B(B([B])[B])B(B([B])[B])B(B(B([B])[B])B([B])[B])B(B(B(B([B])[B])B([B])[B])B(B([B])[B])B([B])[B])B(B(B([B])[B])B([B])[B])B(B([B])[B])B([B])[B-]. The highest BCUT2D eigenvalue weighted by Crippen LogP contribution is 2.21. The molecule has 0 unspecified atom stereocenters. The Hall–Kier alpha value is 3.18. The number of hydrogen-bond acceptors (Lipinski definition) is 0. The molecule has 0 saturated carbocycles. The maximum atomic E-state index is 6.54. The molecule has 0 nitrogen and oxygen atoms in total. The molecule has 0 N–H and O–H groups in total. The van der Waals surface area contributed by atoms with Gasteiger partial charge in [-0.2, -0.15) is 0 Å². The van der Waals surface area contributed by atoms with Gasteiger partial charge in [0, 0.05) is 0 Å². The van der Waals surface area contributed by atoms with Gasteiger partial charge in [-0.1, -0.05) is 0 Å². The molecule has 0 bridgehead atoms. The van der Waals surface area contributed by atoms with Crippen LogP contribution in [0.5, 0.6) is 0 Å². The molecule has 52 radical (unpaired) electrons. The summed E-state index contributed by atoms with van der Waals surface area (Å²) in [6, 6.07) is 0. The summed E-state index contributed by atoms with van der Waals surface area (Å²) >= 11 is 0. The minimum absolute atomic E-state index is 1.02. The average molecular weight is 530 g/mol. The zero-order chi connectivity index (χ0) is 39.0. The first-order valence-corrected chi connectivity index (χ1v) is 16.0. The zero-order valence-electron chi connectivity index (χ0n) is 28.3. The van der Waals surface area contributed by atoms with E-state index in [1.807, 2.05) is 0 Å². The molecule has 148 valence electrons. The van der Waals surface area contributed by atoms with Gasteiger partial charge in [-0.3, -0.25) is 0 Å². The fraction of sp³-hybridized carbons (Fsp3) is 0. The largest absolute Gasteiger partial charge is 0.687 e. The summed E-state index contributed by atoms with van der Waals surface area (Å²) in [4.78, 5) is 0. The highest BCUT2D eigenvalue weighted by Gasteiger charge is 2.59. The van der Waals surface area contributed by atoms with Crippen LogP contribution in [0, 0.1) is 0 Å². The fourth-order valence-corrected chi connectivity index (χ4v) is 8.21. The molecule has 0 fully saturated rings. The van der Waals surface area contributed by atoms with Gasteiger partial charge in [0.05, 0.1) is 0 Å². The van der Waals surface area contributed by atoms with Crippen molar-refractivity contribution in [3.05, 3.63) is 0 Å². The lowest BCUT2D eigenvalue weighted by Crippen LogP contribution is -2.95. The van der Waals surface area contributed by atoms with Gasteiger partial charge in [-0.05, 0) is 333 Å². The van der Waals surface area contributed by atoms with E-state index in [-0.39, 0.29) is 0 Å². The first kappa shape index (κ1) is 52.2. The summed E-state index contributed by atoms with van der Waals surface area (Å²) in [6.07, 6.45) is -28.7. The normalized spacial score (nSPS) is 9.65. The van der Waals surface area contributed by atoms with Crippen molar-refractivity contribution in [3.63, 3.8) is 0 Å². The monoisotopic (exact) mass is 539 g/mol. The topological polar surface area (TPSA) is 0 Å². The molecule has 0 aliphatic rings. The summed E-state index contributed by atoms with van der Waals surface area (Å²) in [7, 11) is 161. The Morgan fingerprint density at radius 2 is 0.429 bits per heavy atom. The van der Waals surface area contributed by atoms with E-state index in [1.54, 1.807) is 0 Å². The van der Waals surface area contributed by atoms with Gasteiger partial charge < -0.3 is 7.74 Å². The predicted molar refractivity (Wildman–Crippen MR) is 282 cm³/mol. The molecular weight excluding hydrogens is 530 g/mol. The van der Waals surface area contributed by atoms with Crippen LogP contribution < -0.4 is 0 Å². The molecular formula is B49-. The average Bonchev–Trinajstić information content (AvgIpc) is 2.88. The van der Waals surface area contributed by atoms with E-state index in [0.29, 0.717) is 0 Å². The van der Waals surface area contributed by atoms with Crippen LogP contribution in [0.15, 0.2) is 0 Å². The van der Waals surface area contributed by atoms with E-state index in [2.05, 4.69) is 0 Å². The van der Waals surface area contributed by atoms with Crippen molar-refractivity contribution in [1.82, 2.24) is 0 Å². The quantitative estimate of drug-likeness (QED) is 0.115. The molecule has 0 amide bonds. The number of hydrogen-bond donors (Lipinski definition) is 0. The smallest absolute Gasteiger partial charge is 0.0000000000000000739 e. The second kappa shape index (κ2) is 24.1. The van der Waals surface area contributed by atoms with E-state index >= 15 is 0 Å². The molecule has 0 aromatic rings. The lowest BCUT2D eigenvalue weighted by Gasteiger charge is -2.58. The lowest BCUT2D eigenvalue weighted by molar-refractivity contribution is 3.19. The third kappa shape index (κ3) is 14.3. The fourth-order valence-electron chi connectivity index (χ4n) is 8.21. The summed E-state index contributed by atoms with van der Waals surface area (Å²) < 4.78 is 0. The van der Waals surface area contributed by atoms with E-state index < -0.39 is 147 Å². The van der Waals surface area contributed by atoms with E-state index in [9.17, 15) is 0 Å². The Bertz CT molecular complexity index is 710. The van der Waals surface area contributed by atoms with Crippen LogP contribution in [-0.4, -0.2) is 347 Å². The second-order valence-electron chi connectivity index (χ2n) is 13.5. The first-order valence-electron chi connectivity index (χ1n) is 16.0. The molecule has 0 atom stereocenters. The minimum Gasteiger partial charge on any atom is -0.687 e. The van der Waals surface area contributed by atoms with Crippen LogP contribution >= 0.6 is 0 Å². The molecule has 0 spiro atoms. The maximum Gasteiger partial charge on any atom is -0.0000000000000000739 e. The summed E-state index contributed by atoms with van der Waals surface area (Å²) in [5, 5.41) is 0. The van der Waals surface area contributed by atoms with Crippen molar-refractivity contribution in [2.45, 2.75) is 0 Å². The standard InChI is InChI=1S/B49/c1-26-39(27(2)3)45(38(24)25)48(44(36(20)21)37(22)23)49(46(40(28(4)5)29(6)7)41(30(8)9)31(10)11)47(42(32(12)13)33(14)15)43(34(16)17)35(18)19/q-1. The van der Waals surface area contributed by atoms with Crippen LogP contribution in [-0.2, 0) is 0 Å². The van der Waals surface area contributed by atoms with Crippen LogP contribution in [0.3, 0.4) is 0 Å². The van der Waals surface area contributed by atoms with E-state index in [0.717, 1.165) is 0 Å². The Morgan fingerprint density at radius 1 is 0.245 bits per heavy atom. The Morgan fingerprint density at radius 3 is 0.592 bits per heavy atom.